The Bertz CT molecular complexity index is 631. The first-order valence-corrected chi connectivity index (χ1v) is 7.84. The highest BCUT2D eigenvalue weighted by molar-refractivity contribution is 7.89. The first kappa shape index (κ1) is 16.7. The van der Waals surface area contributed by atoms with Gasteiger partial charge in [0.15, 0.2) is 0 Å². The number of aliphatic hydroxyl groups is 1. The molecule has 1 aromatic rings. The number of aryl methyl sites for hydroxylation is 1. The van der Waals surface area contributed by atoms with Crippen LogP contribution in [0, 0.1) is 24.2 Å². The summed E-state index contributed by atoms with van der Waals surface area (Å²) in [4.78, 5) is 0.230. The van der Waals surface area contributed by atoms with Gasteiger partial charge < -0.3 is 5.11 Å². The highest BCUT2D eigenvalue weighted by Gasteiger charge is 2.18. The minimum absolute atomic E-state index is 0.116. The summed E-state index contributed by atoms with van der Waals surface area (Å²) in [6.07, 6.45) is 0. The average Bonchev–Trinajstić information content (AvgIpc) is 2.34. The summed E-state index contributed by atoms with van der Waals surface area (Å²) in [5, 5.41) is 8.67. The van der Waals surface area contributed by atoms with E-state index in [0.29, 0.717) is 12.1 Å². The quantitative estimate of drug-likeness (QED) is 0.834. The van der Waals surface area contributed by atoms with Gasteiger partial charge in [-0.15, -0.1) is 0 Å². The largest absolute Gasteiger partial charge is 0.384 e. The molecular weight excluding hydrogens is 274 g/mol. The molecule has 0 spiro atoms. The number of rotatable bonds is 3. The fourth-order valence-electron chi connectivity index (χ4n) is 1.47. The lowest BCUT2D eigenvalue weighted by molar-refractivity contribution is 0.350. The normalized spacial score (nSPS) is 11.8. The van der Waals surface area contributed by atoms with Gasteiger partial charge in [0.25, 0.3) is 0 Å². The second-order valence-corrected chi connectivity index (χ2v) is 7.59. The van der Waals surface area contributed by atoms with Crippen LogP contribution in [0.5, 0.6) is 0 Å². The average molecular weight is 295 g/mol. The molecule has 0 heterocycles. The number of nitrogens with one attached hydrogen (secondary N) is 1. The number of hydrogen-bond acceptors (Lipinski definition) is 3. The van der Waals surface area contributed by atoms with Crippen molar-refractivity contribution in [3.63, 3.8) is 0 Å². The van der Waals surface area contributed by atoms with Crippen LogP contribution in [0.25, 0.3) is 0 Å². The molecule has 110 valence electrons. The third-order valence-electron chi connectivity index (χ3n) is 2.60. The molecule has 0 atom stereocenters. The van der Waals surface area contributed by atoms with Crippen molar-refractivity contribution < 1.29 is 13.5 Å². The van der Waals surface area contributed by atoms with Gasteiger partial charge in [-0.25, -0.2) is 13.1 Å². The number of sulfonamides is 1. The van der Waals surface area contributed by atoms with Crippen molar-refractivity contribution in [2.45, 2.75) is 32.6 Å². The van der Waals surface area contributed by atoms with E-state index in [1.807, 2.05) is 20.8 Å². The van der Waals surface area contributed by atoms with E-state index in [0.717, 1.165) is 5.56 Å². The molecule has 1 rings (SSSR count). The summed E-state index contributed by atoms with van der Waals surface area (Å²) in [6, 6.07) is 4.77. The number of hydrogen-bond donors (Lipinski definition) is 2. The van der Waals surface area contributed by atoms with Crippen molar-refractivity contribution in [1.29, 1.82) is 0 Å². The van der Waals surface area contributed by atoms with Gasteiger partial charge >= 0.3 is 0 Å². The monoisotopic (exact) mass is 295 g/mol. The molecule has 0 aliphatic carbocycles. The van der Waals surface area contributed by atoms with Crippen LogP contribution < -0.4 is 4.72 Å². The summed E-state index contributed by atoms with van der Waals surface area (Å²) in [6.45, 7) is 7.86. The van der Waals surface area contributed by atoms with E-state index in [-0.39, 0.29) is 16.9 Å². The molecule has 20 heavy (non-hydrogen) atoms. The van der Waals surface area contributed by atoms with Crippen molar-refractivity contribution in [3.05, 3.63) is 29.3 Å². The van der Waals surface area contributed by atoms with Crippen LogP contribution in [-0.4, -0.2) is 26.7 Å². The fourth-order valence-corrected chi connectivity index (χ4v) is 2.84. The molecule has 0 saturated heterocycles. The van der Waals surface area contributed by atoms with E-state index in [2.05, 4.69) is 16.6 Å². The molecule has 0 aliphatic heterocycles. The second kappa shape index (κ2) is 6.40. The van der Waals surface area contributed by atoms with Gasteiger partial charge in [0.1, 0.15) is 6.61 Å². The van der Waals surface area contributed by atoms with Gasteiger partial charge in [-0.2, -0.15) is 0 Å². The third-order valence-corrected chi connectivity index (χ3v) is 4.00. The zero-order chi connectivity index (χ0) is 15.4. The lowest BCUT2D eigenvalue weighted by atomic mass is 9.98. The lowest BCUT2D eigenvalue weighted by Crippen LogP contribution is -2.32. The molecule has 5 heteroatoms. The van der Waals surface area contributed by atoms with Gasteiger partial charge in [-0.3, -0.25) is 0 Å². The van der Waals surface area contributed by atoms with Crippen molar-refractivity contribution in [2.24, 2.45) is 5.41 Å². The Morgan fingerprint density at radius 1 is 1.30 bits per heavy atom. The van der Waals surface area contributed by atoms with Crippen molar-refractivity contribution in [1.82, 2.24) is 4.72 Å². The van der Waals surface area contributed by atoms with E-state index in [4.69, 9.17) is 5.11 Å². The molecule has 0 aromatic heterocycles. The number of benzene rings is 1. The van der Waals surface area contributed by atoms with Crippen molar-refractivity contribution in [3.8, 4) is 11.8 Å². The predicted molar refractivity (Wildman–Crippen MR) is 79.8 cm³/mol. The Morgan fingerprint density at radius 2 is 1.95 bits per heavy atom. The summed E-state index contributed by atoms with van der Waals surface area (Å²) < 4.78 is 26.9. The van der Waals surface area contributed by atoms with Crippen LogP contribution in [-0.2, 0) is 10.0 Å². The van der Waals surface area contributed by atoms with Gasteiger partial charge in [-0.1, -0.05) is 32.6 Å². The first-order chi connectivity index (χ1) is 9.15. The minimum atomic E-state index is -3.50. The minimum Gasteiger partial charge on any atom is -0.384 e. The maximum Gasteiger partial charge on any atom is 0.240 e. The molecule has 2 N–H and O–H groups in total. The van der Waals surface area contributed by atoms with E-state index in [1.54, 1.807) is 19.1 Å². The van der Waals surface area contributed by atoms with Crippen LogP contribution in [0.15, 0.2) is 23.1 Å². The van der Waals surface area contributed by atoms with Crippen molar-refractivity contribution in [2.75, 3.05) is 13.2 Å². The molecule has 0 radical (unpaired) electrons. The van der Waals surface area contributed by atoms with Gasteiger partial charge in [0, 0.05) is 12.1 Å². The lowest BCUT2D eigenvalue weighted by Gasteiger charge is -2.19. The van der Waals surface area contributed by atoms with E-state index < -0.39 is 10.0 Å². The van der Waals surface area contributed by atoms with Crippen LogP contribution in [0.2, 0.25) is 0 Å². The highest BCUT2D eigenvalue weighted by atomic mass is 32.2. The van der Waals surface area contributed by atoms with E-state index >= 15 is 0 Å². The second-order valence-electron chi connectivity index (χ2n) is 5.82. The molecule has 0 amide bonds. The summed E-state index contributed by atoms with van der Waals surface area (Å²) in [5.41, 5.74) is 1.37. The molecule has 0 aliphatic rings. The Labute approximate surface area is 121 Å². The molecule has 0 unspecified atom stereocenters. The van der Waals surface area contributed by atoms with Crippen LogP contribution >= 0.6 is 0 Å². The number of aliphatic hydroxyl groups excluding tert-OH is 1. The standard InChI is InChI=1S/C15H21NO3S/c1-12-10-14(8-7-13(12)6-5-9-17)20(18,19)16-11-15(2,3)4/h7-8,10,16-17H,9,11H2,1-4H3. The molecule has 1 aromatic carbocycles. The topological polar surface area (TPSA) is 66.4 Å². The van der Waals surface area contributed by atoms with Gasteiger partial charge in [-0.05, 0) is 36.1 Å². The van der Waals surface area contributed by atoms with E-state index in [1.165, 1.54) is 6.07 Å². The maximum atomic E-state index is 12.2. The summed E-state index contributed by atoms with van der Waals surface area (Å²) >= 11 is 0. The summed E-state index contributed by atoms with van der Waals surface area (Å²) in [5.74, 6) is 5.33. The van der Waals surface area contributed by atoms with Crippen LogP contribution in [0.3, 0.4) is 0 Å². The molecule has 0 saturated carbocycles. The Kier molecular flexibility index (Phi) is 5.35. The zero-order valence-corrected chi connectivity index (χ0v) is 13.1. The SMILES string of the molecule is Cc1cc(S(=O)(=O)NCC(C)(C)C)ccc1C#CCO. The first-order valence-electron chi connectivity index (χ1n) is 6.36. The van der Waals surface area contributed by atoms with Crippen LogP contribution in [0.1, 0.15) is 31.9 Å². The molecule has 4 nitrogen and oxygen atoms in total. The molecule has 0 fully saturated rings. The zero-order valence-electron chi connectivity index (χ0n) is 12.3. The van der Waals surface area contributed by atoms with Crippen molar-refractivity contribution >= 4 is 10.0 Å². The fraction of sp³-hybridized carbons (Fsp3) is 0.467. The van der Waals surface area contributed by atoms with Crippen LogP contribution in [0.4, 0.5) is 0 Å². The molecule has 0 bridgehead atoms. The Balaban J connectivity index is 3.00. The maximum absolute atomic E-state index is 12.2. The third kappa shape index (κ3) is 4.97. The smallest absolute Gasteiger partial charge is 0.240 e. The van der Waals surface area contributed by atoms with Gasteiger partial charge in [0.2, 0.25) is 10.0 Å². The summed E-state index contributed by atoms with van der Waals surface area (Å²) in [7, 11) is -3.50. The highest BCUT2D eigenvalue weighted by Crippen LogP contribution is 2.17. The Hall–Kier alpha value is -1.35. The Morgan fingerprint density at radius 3 is 2.45 bits per heavy atom. The van der Waals surface area contributed by atoms with E-state index in [9.17, 15) is 8.42 Å². The molecular formula is C15H21NO3S. The predicted octanol–water partition coefficient (Wildman–Crippen LogP) is 1.66. The van der Waals surface area contributed by atoms with Gasteiger partial charge in [0.05, 0.1) is 4.90 Å².